The average molecular weight is 426 g/mol. The van der Waals surface area contributed by atoms with E-state index >= 15 is 0 Å². The highest BCUT2D eigenvalue weighted by atomic mass is 32.2. The molecule has 0 saturated heterocycles. The molecule has 4 rings (SSSR count). The monoisotopic (exact) mass is 426 g/mol. The molecule has 0 aromatic heterocycles. The number of carbonyl (C=O) groups excluding carboxylic acids is 1. The van der Waals surface area contributed by atoms with E-state index in [9.17, 15) is 17.6 Å². The van der Waals surface area contributed by atoms with Crippen LogP contribution in [0.15, 0.2) is 71.6 Å². The summed E-state index contributed by atoms with van der Waals surface area (Å²) in [5, 5.41) is 2.73. The molecule has 6 nitrogen and oxygen atoms in total. The fourth-order valence-electron chi connectivity index (χ4n) is 3.50. The zero-order valence-electron chi connectivity index (χ0n) is 16.1. The second kappa shape index (κ2) is 7.79. The van der Waals surface area contributed by atoms with Crippen LogP contribution in [0.2, 0.25) is 0 Å². The molecule has 1 amide bonds. The molecule has 1 heterocycles. The van der Waals surface area contributed by atoms with E-state index in [1.165, 1.54) is 31.4 Å². The van der Waals surface area contributed by atoms with E-state index in [0.717, 1.165) is 9.87 Å². The molecule has 0 fully saturated rings. The molecule has 154 valence electrons. The first-order valence-corrected chi connectivity index (χ1v) is 10.7. The number of hydrogen-bond donors (Lipinski definition) is 1. The zero-order chi connectivity index (χ0) is 21.3. The van der Waals surface area contributed by atoms with Crippen LogP contribution < -0.4 is 14.4 Å². The van der Waals surface area contributed by atoms with E-state index in [2.05, 4.69) is 5.32 Å². The highest BCUT2D eigenvalue weighted by Crippen LogP contribution is 2.42. The summed E-state index contributed by atoms with van der Waals surface area (Å²) in [6.07, 6.45) is 0. The summed E-state index contributed by atoms with van der Waals surface area (Å²) in [6, 6.07) is 17.4. The molecule has 3 aromatic rings. The number of hydrogen-bond acceptors (Lipinski definition) is 4. The first-order valence-electron chi connectivity index (χ1n) is 9.22. The quantitative estimate of drug-likeness (QED) is 0.679. The molecule has 8 heteroatoms. The van der Waals surface area contributed by atoms with Crippen LogP contribution in [0, 0.1) is 5.82 Å². The van der Waals surface area contributed by atoms with E-state index in [1.807, 2.05) is 18.2 Å². The second-order valence-corrected chi connectivity index (χ2v) is 8.59. The van der Waals surface area contributed by atoms with Gasteiger partial charge in [0.2, 0.25) is 5.91 Å². The first kappa shape index (κ1) is 19.9. The predicted octanol–water partition coefficient (Wildman–Crippen LogP) is 3.33. The van der Waals surface area contributed by atoms with Crippen molar-refractivity contribution in [1.82, 2.24) is 5.32 Å². The lowest BCUT2D eigenvalue weighted by atomic mass is 10.0. The van der Waals surface area contributed by atoms with Crippen molar-refractivity contribution in [1.29, 1.82) is 0 Å². The molecule has 0 saturated carbocycles. The molecule has 1 aliphatic rings. The molecule has 0 unspecified atom stereocenters. The molecule has 3 aromatic carbocycles. The normalized spacial score (nSPS) is 13.9. The predicted molar refractivity (Wildman–Crippen MR) is 111 cm³/mol. The number of sulfonamides is 1. The number of anilines is 1. The molecular formula is C22H19FN2O4S. The Hall–Kier alpha value is -3.39. The fraction of sp³-hybridized carbons (Fsp3) is 0.136. The maximum absolute atomic E-state index is 13.9. The van der Waals surface area contributed by atoms with Gasteiger partial charge in [0.1, 0.15) is 18.1 Å². The van der Waals surface area contributed by atoms with Crippen molar-refractivity contribution in [2.75, 3.05) is 18.0 Å². The van der Waals surface area contributed by atoms with Gasteiger partial charge in [-0.2, -0.15) is 0 Å². The van der Waals surface area contributed by atoms with Gasteiger partial charge in [0.25, 0.3) is 10.0 Å². The van der Waals surface area contributed by atoms with Crippen molar-refractivity contribution in [3.8, 4) is 16.9 Å². The number of rotatable bonds is 5. The number of halogens is 1. The van der Waals surface area contributed by atoms with Gasteiger partial charge >= 0.3 is 0 Å². The van der Waals surface area contributed by atoms with Crippen LogP contribution in [-0.4, -0.2) is 28.0 Å². The van der Waals surface area contributed by atoms with E-state index in [4.69, 9.17) is 4.74 Å². The van der Waals surface area contributed by atoms with Gasteiger partial charge < -0.3 is 10.1 Å². The number of fused-ring (bicyclic) bond motifs is 3. The molecule has 0 aliphatic carbocycles. The average Bonchev–Trinajstić information content (AvgIpc) is 2.75. The van der Waals surface area contributed by atoms with Crippen molar-refractivity contribution in [3.63, 3.8) is 0 Å². The molecule has 0 spiro atoms. The Morgan fingerprint density at radius 2 is 1.77 bits per heavy atom. The second-order valence-electron chi connectivity index (χ2n) is 6.76. The number of para-hydroxylation sites is 1. The van der Waals surface area contributed by atoms with E-state index in [-0.39, 0.29) is 17.1 Å². The van der Waals surface area contributed by atoms with Crippen molar-refractivity contribution in [2.24, 2.45) is 0 Å². The van der Waals surface area contributed by atoms with Crippen LogP contribution in [0.25, 0.3) is 11.1 Å². The van der Waals surface area contributed by atoms with Crippen molar-refractivity contribution < 1.29 is 22.3 Å². The van der Waals surface area contributed by atoms with Gasteiger partial charge in [-0.3, -0.25) is 9.10 Å². The Labute approximate surface area is 174 Å². The van der Waals surface area contributed by atoms with Gasteiger partial charge in [0.15, 0.2) is 0 Å². The summed E-state index contributed by atoms with van der Waals surface area (Å²) in [5.41, 5.74) is 1.88. The van der Waals surface area contributed by atoms with Crippen LogP contribution in [0.1, 0.15) is 5.56 Å². The van der Waals surface area contributed by atoms with Crippen LogP contribution in [0.3, 0.4) is 0 Å². The van der Waals surface area contributed by atoms with E-state index in [1.54, 1.807) is 24.3 Å². The van der Waals surface area contributed by atoms with Crippen LogP contribution in [0.4, 0.5) is 10.1 Å². The largest absolute Gasteiger partial charge is 0.496 e. The SMILES string of the molecule is COc1ccccc1CNC(=O)CN1c2ccc(F)cc2-c2ccccc2S1(=O)=O. The van der Waals surface area contributed by atoms with Gasteiger partial charge in [-0.15, -0.1) is 0 Å². The third-order valence-electron chi connectivity index (χ3n) is 4.93. The molecule has 1 aliphatic heterocycles. The number of nitrogens with zero attached hydrogens (tertiary/aromatic N) is 1. The Kier molecular flexibility index (Phi) is 5.17. The standard InChI is InChI=1S/C22H19FN2O4S/c1-29-20-8-4-2-6-15(20)13-24-22(26)14-25-19-11-10-16(23)12-18(19)17-7-3-5-9-21(17)30(25,27)28/h2-12H,13-14H2,1H3,(H,24,26). The molecule has 1 N–H and O–H groups in total. The van der Waals surface area contributed by atoms with Crippen LogP contribution in [-0.2, 0) is 21.4 Å². The maximum Gasteiger partial charge on any atom is 0.265 e. The van der Waals surface area contributed by atoms with E-state index < -0.39 is 28.3 Å². The van der Waals surface area contributed by atoms with Gasteiger partial charge in [0.05, 0.1) is 17.7 Å². The van der Waals surface area contributed by atoms with Gasteiger partial charge in [-0.1, -0.05) is 36.4 Å². The number of ether oxygens (including phenoxy) is 1. The highest BCUT2D eigenvalue weighted by molar-refractivity contribution is 7.93. The molecule has 0 radical (unpaired) electrons. The smallest absolute Gasteiger partial charge is 0.265 e. The summed E-state index contributed by atoms with van der Waals surface area (Å²) in [7, 11) is -2.44. The third kappa shape index (κ3) is 3.50. The topological polar surface area (TPSA) is 75.7 Å². The lowest BCUT2D eigenvalue weighted by Gasteiger charge is -2.31. The summed E-state index contributed by atoms with van der Waals surface area (Å²) in [6.45, 7) is -0.242. The Morgan fingerprint density at radius 1 is 1.03 bits per heavy atom. The van der Waals surface area contributed by atoms with Crippen molar-refractivity contribution >= 4 is 21.6 Å². The summed E-state index contributed by atoms with van der Waals surface area (Å²) >= 11 is 0. The number of methoxy groups -OCH3 is 1. The number of amides is 1. The number of nitrogens with one attached hydrogen (secondary N) is 1. The van der Waals surface area contributed by atoms with E-state index in [0.29, 0.717) is 16.9 Å². The minimum atomic E-state index is -3.97. The fourth-order valence-corrected chi connectivity index (χ4v) is 5.15. The zero-order valence-corrected chi connectivity index (χ0v) is 16.9. The number of carbonyl (C=O) groups is 1. The van der Waals surface area contributed by atoms with Crippen molar-refractivity contribution in [3.05, 3.63) is 78.1 Å². The molecule has 30 heavy (non-hydrogen) atoms. The van der Waals surface area contributed by atoms with Crippen LogP contribution in [0.5, 0.6) is 5.75 Å². The minimum Gasteiger partial charge on any atom is -0.496 e. The number of benzene rings is 3. The third-order valence-corrected chi connectivity index (χ3v) is 6.75. The Morgan fingerprint density at radius 3 is 2.57 bits per heavy atom. The maximum atomic E-state index is 13.9. The van der Waals surface area contributed by atoms with Gasteiger partial charge in [0, 0.05) is 23.2 Å². The summed E-state index contributed by atoms with van der Waals surface area (Å²) < 4.78 is 46.6. The highest BCUT2D eigenvalue weighted by Gasteiger charge is 2.36. The molecule has 0 bridgehead atoms. The lowest BCUT2D eigenvalue weighted by Crippen LogP contribution is -2.42. The summed E-state index contributed by atoms with van der Waals surface area (Å²) in [4.78, 5) is 12.7. The van der Waals surface area contributed by atoms with Gasteiger partial charge in [-0.05, 0) is 30.3 Å². The van der Waals surface area contributed by atoms with Gasteiger partial charge in [-0.25, -0.2) is 12.8 Å². The molecular weight excluding hydrogens is 407 g/mol. The Balaban J connectivity index is 1.63. The lowest BCUT2D eigenvalue weighted by molar-refractivity contribution is -0.119. The van der Waals surface area contributed by atoms with Crippen molar-refractivity contribution in [2.45, 2.75) is 11.4 Å². The first-order chi connectivity index (χ1) is 14.4. The van der Waals surface area contributed by atoms with Crippen LogP contribution >= 0.6 is 0 Å². The summed E-state index contributed by atoms with van der Waals surface area (Å²) in [5.74, 6) is -0.347. The molecule has 0 atom stereocenters. The Bertz CT molecular complexity index is 1230. The minimum absolute atomic E-state index is 0.0422.